The molecular weight excluding hydrogens is 294 g/mol. The molecule has 0 spiro atoms. The van der Waals surface area contributed by atoms with Crippen LogP contribution in [-0.2, 0) is 11.3 Å². The number of benzene rings is 1. The zero-order valence-electron chi connectivity index (χ0n) is 12.6. The largest absolute Gasteiger partial charge is 0.467 e. The monoisotopic (exact) mass is 311 g/mol. The number of hydrogen-bond acceptors (Lipinski definition) is 3. The van der Waals surface area contributed by atoms with Gasteiger partial charge in [0.25, 0.3) is 5.91 Å². The summed E-state index contributed by atoms with van der Waals surface area (Å²) >= 11 is 0. The van der Waals surface area contributed by atoms with Gasteiger partial charge in [0.15, 0.2) is 0 Å². The normalized spacial score (nSPS) is 17.4. The van der Waals surface area contributed by atoms with Gasteiger partial charge in [0, 0.05) is 12.2 Å². The summed E-state index contributed by atoms with van der Waals surface area (Å²) < 4.78 is 5.36. The molecule has 0 fully saturated rings. The lowest BCUT2D eigenvalue weighted by molar-refractivity contribution is -0.118. The van der Waals surface area contributed by atoms with Crippen LogP contribution in [0, 0.1) is 0 Å². The molecule has 1 aliphatic rings. The molecule has 0 saturated heterocycles. The maximum atomic E-state index is 12.6. The van der Waals surface area contributed by atoms with E-state index in [-0.39, 0.29) is 11.9 Å². The third-order valence-corrected chi connectivity index (χ3v) is 3.64. The van der Waals surface area contributed by atoms with E-state index in [1.54, 1.807) is 19.1 Å². The van der Waals surface area contributed by atoms with Crippen molar-refractivity contribution in [2.45, 2.75) is 19.5 Å². The minimum atomic E-state index is -0.602. The number of nitrogens with one attached hydrogen (secondary N) is 3. The molecule has 3 rings (SSSR count). The van der Waals surface area contributed by atoms with Gasteiger partial charge in [-0.25, -0.2) is 4.79 Å². The van der Waals surface area contributed by atoms with Gasteiger partial charge >= 0.3 is 6.03 Å². The summed E-state index contributed by atoms with van der Waals surface area (Å²) in [5.74, 6) is 0.268. The topological polar surface area (TPSA) is 83.4 Å². The van der Waals surface area contributed by atoms with Crippen LogP contribution in [0.1, 0.15) is 24.3 Å². The van der Waals surface area contributed by atoms with Crippen molar-refractivity contribution >= 4 is 11.9 Å². The summed E-state index contributed by atoms with van der Waals surface area (Å²) in [6.07, 6.45) is 1.51. The molecule has 1 aliphatic heterocycles. The Morgan fingerprint density at radius 3 is 2.70 bits per heavy atom. The second-order valence-corrected chi connectivity index (χ2v) is 5.25. The lowest BCUT2D eigenvalue weighted by Crippen LogP contribution is -2.46. The molecule has 2 heterocycles. The number of amides is 3. The van der Waals surface area contributed by atoms with Crippen LogP contribution in [0.4, 0.5) is 4.79 Å². The number of urea groups is 1. The summed E-state index contributed by atoms with van der Waals surface area (Å²) in [5.41, 5.74) is 1.96. The van der Waals surface area contributed by atoms with Gasteiger partial charge in [0.1, 0.15) is 11.8 Å². The first-order valence-corrected chi connectivity index (χ1v) is 7.29. The zero-order chi connectivity index (χ0) is 16.2. The lowest BCUT2D eigenvalue weighted by Gasteiger charge is -2.27. The average molecular weight is 311 g/mol. The highest BCUT2D eigenvalue weighted by Gasteiger charge is 2.32. The standard InChI is InChI=1S/C17H17N3O3/c1-11-14(16(21)18-10-12-6-3-2-4-7-12)15(20-17(22)19-11)13-8-5-9-23-13/h2-9,15H,10H2,1H3,(H,18,21)(H2,19,20,22)/t15-/m1/s1. The Bertz CT molecular complexity index is 736. The molecule has 1 aromatic carbocycles. The minimum Gasteiger partial charge on any atom is -0.467 e. The Balaban J connectivity index is 1.81. The third-order valence-electron chi connectivity index (χ3n) is 3.64. The number of allylic oxidation sites excluding steroid dienone is 1. The highest BCUT2D eigenvalue weighted by Crippen LogP contribution is 2.26. The van der Waals surface area contributed by atoms with Crippen LogP contribution in [0.15, 0.2) is 64.4 Å². The number of carbonyl (C=O) groups is 2. The molecule has 0 aliphatic carbocycles. The first-order valence-electron chi connectivity index (χ1n) is 7.29. The van der Waals surface area contributed by atoms with Gasteiger partial charge < -0.3 is 20.4 Å². The van der Waals surface area contributed by atoms with Gasteiger partial charge in [-0.2, -0.15) is 0 Å². The summed E-state index contributed by atoms with van der Waals surface area (Å²) in [6.45, 7) is 2.11. The van der Waals surface area contributed by atoms with Gasteiger partial charge in [-0.15, -0.1) is 0 Å². The van der Waals surface area contributed by atoms with Crippen LogP contribution in [0.25, 0.3) is 0 Å². The molecule has 3 N–H and O–H groups in total. The van der Waals surface area contributed by atoms with Gasteiger partial charge in [-0.05, 0) is 24.6 Å². The van der Waals surface area contributed by atoms with E-state index in [1.165, 1.54) is 6.26 Å². The highest BCUT2D eigenvalue weighted by molar-refractivity contribution is 5.98. The van der Waals surface area contributed by atoms with E-state index < -0.39 is 6.04 Å². The van der Waals surface area contributed by atoms with Gasteiger partial charge in [0.2, 0.25) is 0 Å². The van der Waals surface area contributed by atoms with Gasteiger partial charge in [0.05, 0.1) is 11.8 Å². The molecule has 3 amide bonds. The van der Waals surface area contributed by atoms with Crippen molar-refractivity contribution in [2.24, 2.45) is 0 Å². The Hall–Kier alpha value is -3.02. The fourth-order valence-electron chi connectivity index (χ4n) is 2.54. The van der Waals surface area contributed by atoms with Crippen molar-refractivity contribution in [1.29, 1.82) is 0 Å². The Kier molecular flexibility index (Phi) is 4.14. The Labute approximate surface area is 133 Å². The third kappa shape index (κ3) is 3.26. The lowest BCUT2D eigenvalue weighted by atomic mass is 10.00. The van der Waals surface area contributed by atoms with Crippen molar-refractivity contribution in [3.8, 4) is 0 Å². The summed E-state index contributed by atoms with van der Waals surface area (Å²) in [5, 5.41) is 8.22. The SMILES string of the molecule is CC1=C(C(=O)NCc2ccccc2)[C@@H](c2ccco2)NC(=O)N1. The maximum Gasteiger partial charge on any atom is 0.319 e. The Morgan fingerprint density at radius 1 is 1.22 bits per heavy atom. The smallest absolute Gasteiger partial charge is 0.319 e. The predicted octanol–water partition coefficient (Wildman–Crippen LogP) is 2.22. The molecule has 0 unspecified atom stereocenters. The van der Waals surface area contributed by atoms with Crippen LogP contribution < -0.4 is 16.0 Å². The molecule has 6 heteroatoms. The van der Waals surface area contributed by atoms with E-state index in [9.17, 15) is 9.59 Å². The second kappa shape index (κ2) is 6.39. The summed E-state index contributed by atoms with van der Waals surface area (Å²) in [4.78, 5) is 24.3. The molecule has 2 aromatic rings. The first kappa shape index (κ1) is 14.9. The molecular formula is C17H17N3O3. The van der Waals surface area contributed by atoms with Crippen LogP contribution >= 0.6 is 0 Å². The van der Waals surface area contributed by atoms with Crippen molar-refractivity contribution in [3.63, 3.8) is 0 Å². The van der Waals surface area contributed by atoms with Crippen LogP contribution in [0.2, 0.25) is 0 Å². The van der Waals surface area contributed by atoms with E-state index >= 15 is 0 Å². The first-order chi connectivity index (χ1) is 11.1. The molecule has 1 aromatic heterocycles. The molecule has 23 heavy (non-hydrogen) atoms. The molecule has 0 saturated carbocycles. The van der Waals surface area contributed by atoms with E-state index in [0.717, 1.165) is 5.56 Å². The molecule has 1 atom stereocenters. The average Bonchev–Trinajstić information content (AvgIpc) is 3.07. The van der Waals surface area contributed by atoms with Gasteiger partial charge in [-0.3, -0.25) is 4.79 Å². The zero-order valence-corrected chi connectivity index (χ0v) is 12.6. The quantitative estimate of drug-likeness (QED) is 0.809. The van der Waals surface area contributed by atoms with Gasteiger partial charge in [-0.1, -0.05) is 30.3 Å². The predicted molar refractivity (Wildman–Crippen MR) is 84.1 cm³/mol. The highest BCUT2D eigenvalue weighted by atomic mass is 16.3. The molecule has 0 bridgehead atoms. The van der Waals surface area contributed by atoms with Crippen molar-refractivity contribution in [2.75, 3.05) is 0 Å². The molecule has 6 nitrogen and oxygen atoms in total. The fraction of sp³-hybridized carbons (Fsp3) is 0.176. The summed E-state index contributed by atoms with van der Waals surface area (Å²) in [7, 11) is 0. The van der Waals surface area contributed by atoms with Crippen LogP contribution in [-0.4, -0.2) is 11.9 Å². The van der Waals surface area contributed by atoms with Crippen molar-refractivity contribution in [3.05, 3.63) is 71.3 Å². The second-order valence-electron chi connectivity index (χ2n) is 5.25. The number of carbonyl (C=O) groups excluding carboxylic acids is 2. The molecule has 0 radical (unpaired) electrons. The van der Waals surface area contributed by atoms with E-state index in [0.29, 0.717) is 23.6 Å². The van der Waals surface area contributed by atoms with Crippen molar-refractivity contribution < 1.29 is 14.0 Å². The van der Waals surface area contributed by atoms with E-state index in [1.807, 2.05) is 30.3 Å². The van der Waals surface area contributed by atoms with E-state index in [2.05, 4.69) is 16.0 Å². The van der Waals surface area contributed by atoms with Crippen LogP contribution in [0.5, 0.6) is 0 Å². The number of furan rings is 1. The number of rotatable bonds is 4. The number of hydrogen-bond donors (Lipinski definition) is 3. The minimum absolute atomic E-state index is 0.250. The molecule has 118 valence electrons. The summed E-state index contributed by atoms with van der Waals surface area (Å²) in [6, 6.07) is 12.1. The fourth-order valence-corrected chi connectivity index (χ4v) is 2.54. The van der Waals surface area contributed by atoms with Crippen molar-refractivity contribution in [1.82, 2.24) is 16.0 Å². The Morgan fingerprint density at radius 2 is 2.00 bits per heavy atom. The van der Waals surface area contributed by atoms with E-state index in [4.69, 9.17) is 4.42 Å². The van der Waals surface area contributed by atoms with Crippen LogP contribution in [0.3, 0.4) is 0 Å². The maximum absolute atomic E-state index is 12.6.